The zero-order chi connectivity index (χ0) is 18.6. The van der Waals surface area contributed by atoms with Crippen molar-refractivity contribution in [3.63, 3.8) is 0 Å². The topological polar surface area (TPSA) is 60.4 Å². The van der Waals surface area contributed by atoms with Crippen molar-refractivity contribution in [2.75, 3.05) is 5.75 Å². The fourth-order valence-electron chi connectivity index (χ4n) is 3.77. The van der Waals surface area contributed by atoms with Crippen LogP contribution in [-0.2, 0) is 19.4 Å². The Morgan fingerprint density at radius 2 is 1.88 bits per heavy atom. The molecule has 7 heteroatoms. The lowest BCUT2D eigenvalue weighted by molar-refractivity contribution is -0.120. The van der Waals surface area contributed by atoms with Crippen molar-refractivity contribution in [1.82, 2.24) is 0 Å². The van der Waals surface area contributed by atoms with E-state index in [2.05, 4.69) is 0 Å². The highest BCUT2D eigenvalue weighted by Crippen LogP contribution is 2.58. The monoisotopic (exact) mass is 408 g/mol. The molecular formula is C19H20O4S3. The van der Waals surface area contributed by atoms with Crippen LogP contribution in [0.1, 0.15) is 38.0 Å². The molecular weight excluding hydrogens is 388 g/mol. The third-order valence-electron chi connectivity index (χ3n) is 4.75. The summed E-state index contributed by atoms with van der Waals surface area (Å²) in [6.45, 7) is 4.00. The van der Waals surface area contributed by atoms with Crippen molar-refractivity contribution < 1.29 is 17.9 Å². The van der Waals surface area contributed by atoms with Gasteiger partial charge in [0.1, 0.15) is 21.3 Å². The van der Waals surface area contributed by atoms with E-state index in [1.165, 1.54) is 11.3 Å². The lowest BCUT2D eigenvalue weighted by atomic mass is 9.84. The van der Waals surface area contributed by atoms with Crippen LogP contribution in [0.25, 0.3) is 0 Å². The molecule has 1 spiro atoms. The van der Waals surface area contributed by atoms with Crippen LogP contribution in [0.15, 0.2) is 45.5 Å². The Hall–Kier alpha value is -1.31. The van der Waals surface area contributed by atoms with Gasteiger partial charge in [-0.3, -0.25) is 4.79 Å². The number of thioether (sulfide) groups is 1. The van der Waals surface area contributed by atoms with Gasteiger partial charge in [-0.25, -0.2) is 8.42 Å². The Morgan fingerprint density at radius 1 is 1.15 bits per heavy atom. The minimum absolute atomic E-state index is 0.244. The van der Waals surface area contributed by atoms with E-state index in [-0.39, 0.29) is 19.6 Å². The third-order valence-corrected chi connectivity index (χ3v) is 9.89. The Labute approximate surface area is 161 Å². The molecule has 0 radical (unpaired) electrons. The summed E-state index contributed by atoms with van der Waals surface area (Å²) in [6, 6.07) is 10.1. The van der Waals surface area contributed by atoms with Crippen LogP contribution in [0.4, 0.5) is 0 Å². The molecule has 1 aromatic heterocycles. The van der Waals surface area contributed by atoms with E-state index in [4.69, 9.17) is 4.74 Å². The minimum Gasteiger partial charge on any atom is -0.487 e. The minimum atomic E-state index is -3.59. The van der Waals surface area contributed by atoms with E-state index in [9.17, 15) is 13.2 Å². The van der Waals surface area contributed by atoms with Gasteiger partial charge < -0.3 is 4.74 Å². The lowest BCUT2D eigenvalue weighted by Gasteiger charge is -2.45. The summed E-state index contributed by atoms with van der Waals surface area (Å²) >= 11 is 3.03. The first kappa shape index (κ1) is 18.1. The van der Waals surface area contributed by atoms with Gasteiger partial charge in [-0.15, -0.1) is 23.1 Å². The van der Waals surface area contributed by atoms with Crippen LogP contribution in [0.2, 0.25) is 0 Å². The lowest BCUT2D eigenvalue weighted by Crippen LogP contribution is -2.44. The van der Waals surface area contributed by atoms with Crippen LogP contribution in [0, 0.1) is 0 Å². The number of ether oxygens (including phenoxy) is 1. The van der Waals surface area contributed by atoms with Gasteiger partial charge in [-0.05, 0) is 26.0 Å². The molecule has 0 aliphatic carbocycles. The average Bonchev–Trinajstić information content (AvgIpc) is 3.00. The second kappa shape index (κ2) is 6.11. The number of thiophene rings is 1. The maximum Gasteiger partial charge on any atom is 0.216 e. The number of hydrogen-bond acceptors (Lipinski definition) is 6. The molecule has 0 amide bonds. The summed E-state index contributed by atoms with van der Waals surface area (Å²) in [5, 5.41) is 0. The van der Waals surface area contributed by atoms with E-state index in [1.807, 2.05) is 13.8 Å². The highest BCUT2D eigenvalue weighted by molar-refractivity contribution is 8.00. The SMILES string of the molecule is CC1(C)CC2(CC(=O)CCS2)c2sc(S(=O)(=O)c3ccccc3)cc2O1. The molecule has 2 aromatic rings. The summed E-state index contributed by atoms with van der Waals surface area (Å²) in [5.74, 6) is 1.63. The molecule has 1 atom stereocenters. The molecule has 138 valence electrons. The summed E-state index contributed by atoms with van der Waals surface area (Å²) in [4.78, 5) is 13.4. The van der Waals surface area contributed by atoms with Crippen LogP contribution in [0.3, 0.4) is 0 Å². The van der Waals surface area contributed by atoms with Gasteiger partial charge >= 0.3 is 0 Å². The Bertz CT molecular complexity index is 960. The van der Waals surface area contributed by atoms with Gasteiger partial charge in [-0.2, -0.15) is 0 Å². The van der Waals surface area contributed by atoms with Crippen molar-refractivity contribution in [3.05, 3.63) is 41.3 Å². The first-order valence-corrected chi connectivity index (χ1v) is 11.8. The quantitative estimate of drug-likeness (QED) is 0.735. The van der Waals surface area contributed by atoms with E-state index in [0.717, 1.165) is 10.6 Å². The molecule has 1 aromatic carbocycles. The number of fused-ring (bicyclic) bond motifs is 2. The second-order valence-corrected chi connectivity index (χ2v) is 12.1. The summed E-state index contributed by atoms with van der Waals surface area (Å²) < 4.78 is 32.1. The van der Waals surface area contributed by atoms with Gasteiger partial charge in [0.15, 0.2) is 0 Å². The van der Waals surface area contributed by atoms with E-state index in [1.54, 1.807) is 48.2 Å². The zero-order valence-corrected chi connectivity index (χ0v) is 17.1. The first-order valence-electron chi connectivity index (χ1n) is 8.51. The molecule has 1 fully saturated rings. The van der Waals surface area contributed by atoms with Crippen molar-refractivity contribution in [1.29, 1.82) is 0 Å². The van der Waals surface area contributed by atoms with E-state index in [0.29, 0.717) is 25.0 Å². The molecule has 0 bridgehead atoms. The van der Waals surface area contributed by atoms with Crippen LogP contribution in [-0.4, -0.2) is 25.6 Å². The molecule has 0 N–H and O–H groups in total. The highest BCUT2D eigenvalue weighted by Gasteiger charge is 2.50. The molecule has 1 saturated heterocycles. The number of sulfone groups is 1. The third kappa shape index (κ3) is 3.00. The summed E-state index contributed by atoms with van der Waals surface area (Å²) in [5.41, 5.74) is -0.438. The number of ketones is 1. The molecule has 3 heterocycles. The molecule has 2 aliphatic heterocycles. The number of Topliss-reactive ketones (excluding diaryl/α,β-unsaturated/α-hetero) is 1. The number of benzene rings is 1. The fraction of sp³-hybridized carbons (Fsp3) is 0.421. The highest BCUT2D eigenvalue weighted by atomic mass is 32.2. The van der Waals surface area contributed by atoms with Crippen LogP contribution < -0.4 is 4.74 Å². The van der Waals surface area contributed by atoms with Crippen LogP contribution in [0.5, 0.6) is 5.75 Å². The Balaban J connectivity index is 1.84. The number of carbonyl (C=O) groups excluding carboxylic acids is 1. The summed E-state index contributed by atoms with van der Waals surface area (Å²) in [7, 11) is -3.59. The Kier molecular flexibility index (Phi) is 4.24. The van der Waals surface area contributed by atoms with Gasteiger partial charge in [-0.1, -0.05) is 18.2 Å². The molecule has 4 nitrogen and oxygen atoms in total. The molecule has 2 aliphatic rings. The predicted octanol–water partition coefficient (Wildman–Crippen LogP) is 4.43. The average molecular weight is 409 g/mol. The van der Waals surface area contributed by atoms with E-state index >= 15 is 0 Å². The molecule has 0 saturated carbocycles. The predicted molar refractivity (Wildman–Crippen MR) is 104 cm³/mol. The normalized spacial score (nSPS) is 24.9. The molecule has 1 unspecified atom stereocenters. The van der Waals surface area contributed by atoms with Crippen molar-refractivity contribution in [3.8, 4) is 5.75 Å². The van der Waals surface area contributed by atoms with Gasteiger partial charge in [0.25, 0.3) is 0 Å². The van der Waals surface area contributed by atoms with Gasteiger partial charge in [0.05, 0.1) is 14.5 Å². The fourth-order valence-corrected chi connectivity index (χ4v) is 8.63. The smallest absolute Gasteiger partial charge is 0.216 e. The zero-order valence-electron chi connectivity index (χ0n) is 14.7. The Morgan fingerprint density at radius 3 is 2.58 bits per heavy atom. The first-order chi connectivity index (χ1) is 12.2. The number of carbonyl (C=O) groups is 1. The molecule has 26 heavy (non-hydrogen) atoms. The maximum atomic E-state index is 13.0. The van der Waals surface area contributed by atoms with Crippen molar-refractivity contribution in [2.24, 2.45) is 0 Å². The standard InChI is InChI=1S/C19H20O4S3/c1-18(2)12-19(11-13(20)8-9-24-19)17-15(23-18)10-16(25-17)26(21,22)14-6-4-3-5-7-14/h3-7,10H,8-9,11-12H2,1-2H3. The van der Waals surface area contributed by atoms with Crippen molar-refractivity contribution in [2.45, 2.75) is 52.6 Å². The maximum absolute atomic E-state index is 13.0. The van der Waals surface area contributed by atoms with Gasteiger partial charge in [0, 0.05) is 31.1 Å². The van der Waals surface area contributed by atoms with E-state index < -0.39 is 15.4 Å². The molecule has 4 rings (SSSR count). The number of rotatable bonds is 2. The second-order valence-electron chi connectivity index (χ2n) is 7.42. The largest absolute Gasteiger partial charge is 0.487 e. The van der Waals surface area contributed by atoms with Gasteiger partial charge in [0.2, 0.25) is 9.84 Å². The van der Waals surface area contributed by atoms with Crippen LogP contribution >= 0.6 is 23.1 Å². The number of hydrogen-bond donors (Lipinski definition) is 0. The van der Waals surface area contributed by atoms with Crippen molar-refractivity contribution >= 4 is 38.7 Å². The summed E-state index contributed by atoms with van der Waals surface area (Å²) in [6.07, 6.45) is 1.74.